The molecule has 1 amide bonds. The molecule has 1 fully saturated rings. The summed E-state index contributed by atoms with van der Waals surface area (Å²) in [6.45, 7) is 6.62. The van der Waals surface area contributed by atoms with Gasteiger partial charge in [0.1, 0.15) is 0 Å². The van der Waals surface area contributed by atoms with Gasteiger partial charge in [-0.05, 0) is 21.9 Å². The fourth-order valence-corrected chi connectivity index (χ4v) is 2.22. The molecule has 107 valence electrons. The van der Waals surface area contributed by atoms with Crippen molar-refractivity contribution in [3.63, 3.8) is 0 Å². The van der Waals surface area contributed by atoms with Crippen molar-refractivity contribution in [2.45, 2.75) is 13.8 Å². The molecule has 1 aromatic heterocycles. The predicted octanol–water partition coefficient (Wildman–Crippen LogP) is 1.25. The Balaban J connectivity index is 2.04. The Kier molecular flexibility index (Phi) is 4.29. The highest BCUT2D eigenvalue weighted by Crippen LogP contribution is 2.19. The normalized spacial score (nSPS) is 16.8. The second-order valence-electron chi connectivity index (χ2n) is 5.09. The minimum atomic E-state index is -0.552. The quantitative estimate of drug-likeness (QED) is 0.611. The Morgan fingerprint density at radius 3 is 2.65 bits per heavy atom. The van der Waals surface area contributed by atoms with Crippen molar-refractivity contribution in [2.75, 3.05) is 31.1 Å². The Hall–Kier alpha value is -2.02. The molecule has 0 N–H and O–H groups in total. The monoisotopic (exact) mass is 277 g/mol. The number of carbonyl (C=O) groups is 1. The summed E-state index contributed by atoms with van der Waals surface area (Å²) >= 11 is 0. The summed E-state index contributed by atoms with van der Waals surface area (Å²) in [5.74, 6) is 1.05. The van der Waals surface area contributed by atoms with Crippen LogP contribution in [0.15, 0.2) is 18.3 Å². The van der Waals surface area contributed by atoms with Gasteiger partial charge >= 0.3 is 5.82 Å². The number of aromatic nitrogens is 1. The van der Waals surface area contributed by atoms with E-state index in [-0.39, 0.29) is 11.7 Å². The molecule has 0 aliphatic carbocycles. The van der Waals surface area contributed by atoms with Gasteiger partial charge in [-0.3, -0.25) is 9.69 Å². The lowest BCUT2D eigenvalue weighted by Crippen LogP contribution is -2.51. The van der Waals surface area contributed by atoms with E-state index in [1.54, 1.807) is 11.0 Å². The Labute approximate surface area is 117 Å². The fourth-order valence-electron chi connectivity index (χ4n) is 2.22. The maximum absolute atomic E-state index is 12.1. The standard InChI is InChI=1S/C13H17N4O3/c1-10(2)8-15-5-6-16(13(18)9-15)11-3-4-12(14-7-11)17(19)20/h3-4,7H,5-6,8-9H2,1-2H3. The van der Waals surface area contributed by atoms with Gasteiger partial charge in [0.25, 0.3) is 0 Å². The number of carbonyl (C=O) groups excluding carboxylic acids is 1. The molecule has 0 aromatic carbocycles. The average molecular weight is 277 g/mol. The Bertz CT molecular complexity index is 501. The van der Waals surface area contributed by atoms with E-state index in [1.807, 2.05) is 13.8 Å². The number of hydrogen-bond acceptors (Lipinski definition) is 5. The zero-order valence-electron chi connectivity index (χ0n) is 11.6. The molecule has 1 aliphatic rings. The molecule has 1 radical (unpaired) electrons. The number of anilines is 1. The molecular formula is C13H17N4O3. The van der Waals surface area contributed by atoms with E-state index >= 15 is 0 Å². The smallest absolute Gasteiger partial charge is 0.358 e. The van der Waals surface area contributed by atoms with Crippen molar-refractivity contribution in [3.8, 4) is 0 Å². The predicted molar refractivity (Wildman–Crippen MR) is 74.3 cm³/mol. The molecule has 2 rings (SSSR count). The summed E-state index contributed by atoms with van der Waals surface area (Å²) in [4.78, 5) is 29.6. The van der Waals surface area contributed by atoms with Gasteiger partial charge < -0.3 is 15.0 Å². The van der Waals surface area contributed by atoms with Crippen molar-refractivity contribution < 1.29 is 9.72 Å². The lowest BCUT2D eigenvalue weighted by atomic mass is 10.2. The van der Waals surface area contributed by atoms with Gasteiger partial charge in [-0.1, -0.05) is 13.8 Å². The van der Waals surface area contributed by atoms with Crippen LogP contribution in [0.5, 0.6) is 0 Å². The molecule has 0 spiro atoms. The molecule has 7 nitrogen and oxygen atoms in total. The number of piperazine rings is 1. The van der Waals surface area contributed by atoms with Crippen molar-refractivity contribution in [1.29, 1.82) is 0 Å². The summed E-state index contributed by atoms with van der Waals surface area (Å²) in [6.07, 6.45) is 1.38. The van der Waals surface area contributed by atoms with Crippen molar-refractivity contribution in [1.82, 2.24) is 9.88 Å². The third kappa shape index (κ3) is 3.30. The second kappa shape index (κ2) is 5.96. The van der Waals surface area contributed by atoms with Gasteiger partial charge in [0.15, 0.2) is 6.20 Å². The molecular weight excluding hydrogens is 260 g/mol. The van der Waals surface area contributed by atoms with Crippen molar-refractivity contribution >= 4 is 17.4 Å². The first kappa shape index (κ1) is 14.4. The lowest BCUT2D eigenvalue weighted by Gasteiger charge is -2.34. The minimum absolute atomic E-state index is 0.00634. The van der Waals surface area contributed by atoms with Crippen molar-refractivity contribution in [2.24, 2.45) is 0 Å². The van der Waals surface area contributed by atoms with Crippen LogP contribution in [0.25, 0.3) is 0 Å². The number of nitrogens with zero attached hydrogens (tertiary/aromatic N) is 4. The number of hydrogen-bond donors (Lipinski definition) is 0. The van der Waals surface area contributed by atoms with E-state index < -0.39 is 4.92 Å². The highest BCUT2D eigenvalue weighted by Gasteiger charge is 2.26. The molecule has 2 heterocycles. The molecule has 1 saturated heterocycles. The first-order valence-electron chi connectivity index (χ1n) is 6.39. The van der Waals surface area contributed by atoms with E-state index in [1.165, 1.54) is 18.2 Å². The molecule has 1 aromatic rings. The molecule has 0 bridgehead atoms. The van der Waals surface area contributed by atoms with E-state index in [4.69, 9.17) is 0 Å². The highest BCUT2D eigenvalue weighted by molar-refractivity contribution is 5.95. The summed E-state index contributed by atoms with van der Waals surface area (Å²) in [6, 6.07) is 2.88. The largest absolute Gasteiger partial charge is 0.363 e. The first-order chi connectivity index (χ1) is 9.47. The molecule has 20 heavy (non-hydrogen) atoms. The number of pyridine rings is 1. The van der Waals surface area contributed by atoms with Gasteiger partial charge in [-0.2, -0.15) is 0 Å². The molecule has 0 atom stereocenters. The van der Waals surface area contributed by atoms with E-state index in [0.717, 1.165) is 13.1 Å². The van der Waals surface area contributed by atoms with Crippen LogP contribution in [0.1, 0.15) is 13.8 Å². The Morgan fingerprint density at radius 2 is 2.15 bits per heavy atom. The van der Waals surface area contributed by atoms with Crippen LogP contribution in [0.4, 0.5) is 11.5 Å². The van der Waals surface area contributed by atoms with Crippen LogP contribution in [-0.2, 0) is 4.79 Å². The second-order valence-corrected chi connectivity index (χ2v) is 5.09. The van der Waals surface area contributed by atoms with Crippen LogP contribution in [0.3, 0.4) is 0 Å². The molecule has 1 aliphatic heterocycles. The SMILES string of the molecule is C[C](C)CN1CCN(c2ccc([N+](=O)[O-])nc2)C(=O)C1. The third-order valence-electron chi connectivity index (χ3n) is 3.07. The van der Waals surface area contributed by atoms with Crippen LogP contribution in [-0.4, -0.2) is 46.9 Å². The first-order valence-corrected chi connectivity index (χ1v) is 6.39. The maximum atomic E-state index is 12.1. The molecule has 7 heteroatoms. The van der Waals surface area contributed by atoms with E-state index in [0.29, 0.717) is 18.8 Å². The molecule has 0 saturated carbocycles. The zero-order valence-corrected chi connectivity index (χ0v) is 11.6. The van der Waals surface area contributed by atoms with Crippen LogP contribution in [0.2, 0.25) is 0 Å². The number of rotatable bonds is 4. The topological polar surface area (TPSA) is 79.6 Å². The van der Waals surface area contributed by atoms with Gasteiger partial charge in [-0.25, -0.2) is 0 Å². The van der Waals surface area contributed by atoms with E-state index in [2.05, 4.69) is 9.88 Å². The fraction of sp³-hybridized carbons (Fsp3) is 0.462. The molecule has 0 unspecified atom stereocenters. The minimum Gasteiger partial charge on any atom is -0.358 e. The summed E-state index contributed by atoms with van der Waals surface area (Å²) < 4.78 is 0. The summed E-state index contributed by atoms with van der Waals surface area (Å²) in [5, 5.41) is 10.6. The average Bonchev–Trinajstić information content (AvgIpc) is 2.38. The Morgan fingerprint density at radius 1 is 1.40 bits per heavy atom. The van der Waals surface area contributed by atoms with Gasteiger partial charge in [0, 0.05) is 25.7 Å². The van der Waals surface area contributed by atoms with Crippen molar-refractivity contribution in [3.05, 3.63) is 34.4 Å². The summed E-state index contributed by atoms with van der Waals surface area (Å²) in [5.41, 5.74) is 0.609. The van der Waals surface area contributed by atoms with Crippen LogP contribution in [0, 0.1) is 16.0 Å². The van der Waals surface area contributed by atoms with E-state index in [9.17, 15) is 14.9 Å². The highest BCUT2D eigenvalue weighted by atomic mass is 16.6. The van der Waals surface area contributed by atoms with Gasteiger partial charge in [0.2, 0.25) is 5.91 Å². The maximum Gasteiger partial charge on any atom is 0.363 e. The third-order valence-corrected chi connectivity index (χ3v) is 3.07. The van der Waals surface area contributed by atoms with Crippen LogP contribution < -0.4 is 4.90 Å². The van der Waals surface area contributed by atoms with Crippen LogP contribution >= 0.6 is 0 Å². The lowest BCUT2D eigenvalue weighted by molar-refractivity contribution is -0.389. The van der Waals surface area contributed by atoms with Gasteiger partial charge in [-0.15, -0.1) is 0 Å². The number of amides is 1. The zero-order chi connectivity index (χ0) is 14.7. The number of nitro groups is 1. The summed E-state index contributed by atoms with van der Waals surface area (Å²) in [7, 11) is 0. The van der Waals surface area contributed by atoms with Gasteiger partial charge in [0.05, 0.1) is 12.2 Å².